The Balaban J connectivity index is 1.88. The van der Waals surface area contributed by atoms with Gasteiger partial charge in [0.25, 0.3) is 0 Å². The summed E-state index contributed by atoms with van der Waals surface area (Å²) in [5.74, 6) is 0.179. The summed E-state index contributed by atoms with van der Waals surface area (Å²) in [5, 5.41) is 1.03. The maximum Gasteiger partial charge on any atom is 0.167 e. The summed E-state index contributed by atoms with van der Waals surface area (Å²) in [4.78, 5) is 15.4. The molecule has 94 valence electrons. The van der Waals surface area contributed by atoms with Crippen LogP contribution in [0.5, 0.6) is 0 Å². The number of benzene rings is 1. The average Bonchev–Trinajstić information content (AvgIpc) is 2.97. The quantitative estimate of drug-likeness (QED) is 0.841. The fourth-order valence-corrected chi connectivity index (χ4v) is 2.59. The summed E-state index contributed by atoms with van der Waals surface area (Å²) in [6.45, 7) is 2.84. The highest BCUT2D eigenvalue weighted by molar-refractivity contribution is 6.08. The van der Waals surface area contributed by atoms with Gasteiger partial charge in [0.15, 0.2) is 5.78 Å². The first-order valence-electron chi connectivity index (χ1n) is 6.46. The van der Waals surface area contributed by atoms with E-state index in [-0.39, 0.29) is 11.9 Å². The molecule has 1 saturated heterocycles. The second-order valence-corrected chi connectivity index (χ2v) is 5.01. The van der Waals surface area contributed by atoms with Gasteiger partial charge in [-0.1, -0.05) is 11.6 Å². The first kappa shape index (κ1) is 11.5. The molecule has 0 bridgehead atoms. The van der Waals surface area contributed by atoms with Crippen LogP contribution in [0.4, 0.5) is 0 Å². The average molecular weight is 243 g/mol. The Morgan fingerprint density at radius 1 is 1.50 bits per heavy atom. The molecule has 18 heavy (non-hydrogen) atoms. The number of rotatable bonds is 3. The van der Waals surface area contributed by atoms with Crippen molar-refractivity contribution in [3.63, 3.8) is 0 Å². The predicted molar refractivity (Wildman–Crippen MR) is 71.0 cm³/mol. The normalized spacial score (nSPS) is 19.5. The molecule has 1 aliphatic heterocycles. The third-order valence-electron chi connectivity index (χ3n) is 3.57. The molecule has 1 aliphatic rings. The third kappa shape index (κ3) is 2.06. The second kappa shape index (κ2) is 4.58. The van der Waals surface area contributed by atoms with Crippen molar-refractivity contribution in [1.29, 1.82) is 0 Å². The number of H-pyrrole nitrogens is 1. The van der Waals surface area contributed by atoms with Gasteiger partial charge < -0.3 is 9.72 Å². The van der Waals surface area contributed by atoms with E-state index in [4.69, 9.17) is 4.74 Å². The summed E-state index contributed by atoms with van der Waals surface area (Å²) in [6, 6.07) is 6.13. The number of aromatic amines is 1. The van der Waals surface area contributed by atoms with Crippen molar-refractivity contribution in [3.8, 4) is 0 Å². The lowest BCUT2D eigenvalue weighted by Gasteiger charge is -2.07. The van der Waals surface area contributed by atoms with Crippen molar-refractivity contribution in [2.45, 2.75) is 32.3 Å². The zero-order chi connectivity index (χ0) is 12.5. The fraction of sp³-hybridized carbons (Fsp3) is 0.400. The molecule has 3 heteroatoms. The number of carbonyl (C=O) groups is 1. The Bertz CT molecular complexity index is 579. The predicted octanol–water partition coefficient (Wildman–Crippen LogP) is 3.23. The Hall–Kier alpha value is -1.61. The van der Waals surface area contributed by atoms with Crippen molar-refractivity contribution < 1.29 is 9.53 Å². The van der Waals surface area contributed by atoms with E-state index in [2.05, 4.69) is 11.1 Å². The van der Waals surface area contributed by atoms with Crippen LogP contribution in [0.25, 0.3) is 10.9 Å². The van der Waals surface area contributed by atoms with Crippen molar-refractivity contribution in [3.05, 3.63) is 35.5 Å². The number of aromatic nitrogens is 1. The second-order valence-electron chi connectivity index (χ2n) is 5.01. The summed E-state index contributed by atoms with van der Waals surface area (Å²) >= 11 is 0. The lowest BCUT2D eigenvalue weighted by Crippen LogP contribution is -2.12. The first-order valence-corrected chi connectivity index (χ1v) is 6.46. The maximum absolute atomic E-state index is 12.3. The van der Waals surface area contributed by atoms with Crippen LogP contribution in [0.1, 0.15) is 35.2 Å². The van der Waals surface area contributed by atoms with Gasteiger partial charge in [0.1, 0.15) is 0 Å². The fourth-order valence-electron chi connectivity index (χ4n) is 2.59. The zero-order valence-electron chi connectivity index (χ0n) is 10.5. The van der Waals surface area contributed by atoms with E-state index in [1.165, 1.54) is 5.56 Å². The molecule has 2 aromatic rings. The molecule has 2 heterocycles. The summed E-state index contributed by atoms with van der Waals surface area (Å²) in [5.41, 5.74) is 2.99. The highest BCUT2D eigenvalue weighted by atomic mass is 16.5. The number of hydrogen-bond acceptors (Lipinski definition) is 2. The topological polar surface area (TPSA) is 42.1 Å². The van der Waals surface area contributed by atoms with E-state index in [1.54, 1.807) is 0 Å². The summed E-state index contributed by atoms with van der Waals surface area (Å²) in [7, 11) is 0. The molecule has 1 atom stereocenters. The van der Waals surface area contributed by atoms with E-state index < -0.39 is 0 Å². The SMILES string of the molecule is Cc1ccc2[nH]cc(C(=O)CC3CCCO3)c2c1. The minimum atomic E-state index is 0.118. The van der Waals surface area contributed by atoms with Crippen LogP contribution in [-0.4, -0.2) is 23.5 Å². The van der Waals surface area contributed by atoms with Crippen molar-refractivity contribution in [2.24, 2.45) is 0 Å². The number of hydrogen-bond donors (Lipinski definition) is 1. The van der Waals surface area contributed by atoms with Crippen LogP contribution in [0.2, 0.25) is 0 Å². The highest BCUT2D eigenvalue weighted by Gasteiger charge is 2.21. The maximum atomic E-state index is 12.3. The van der Waals surface area contributed by atoms with E-state index in [1.807, 2.05) is 25.3 Å². The van der Waals surface area contributed by atoms with Gasteiger partial charge in [-0.25, -0.2) is 0 Å². The molecule has 3 rings (SSSR count). The van der Waals surface area contributed by atoms with Crippen molar-refractivity contribution >= 4 is 16.7 Å². The summed E-state index contributed by atoms with van der Waals surface area (Å²) in [6.07, 6.45) is 4.52. The van der Waals surface area contributed by atoms with E-state index in [9.17, 15) is 4.79 Å². The first-order chi connectivity index (χ1) is 8.74. The van der Waals surface area contributed by atoms with Gasteiger partial charge in [-0.15, -0.1) is 0 Å². The van der Waals surface area contributed by atoms with Gasteiger partial charge in [0.05, 0.1) is 6.10 Å². The van der Waals surface area contributed by atoms with Crippen LogP contribution in [0.3, 0.4) is 0 Å². The van der Waals surface area contributed by atoms with Crippen molar-refractivity contribution in [2.75, 3.05) is 6.61 Å². The lowest BCUT2D eigenvalue weighted by atomic mass is 10.0. The molecule has 0 amide bonds. The standard InChI is InChI=1S/C15H17NO2/c1-10-4-5-14-12(7-10)13(9-16-14)15(17)8-11-3-2-6-18-11/h4-5,7,9,11,16H,2-3,6,8H2,1H3. The monoisotopic (exact) mass is 243 g/mol. The molecule has 3 nitrogen and oxygen atoms in total. The number of Topliss-reactive ketones (excluding diaryl/α,β-unsaturated/α-hetero) is 1. The number of ketones is 1. The highest BCUT2D eigenvalue weighted by Crippen LogP contribution is 2.23. The van der Waals surface area contributed by atoms with E-state index in [0.29, 0.717) is 6.42 Å². The molecule has 1 aromatic carbocycles. The summed E-state index contributed by atoms with van der Waals surface area (Å²) < 4.78 is 5.53. The van der Waals surface area contributed by atoms with Gasteiger partial charge in [0.2, 0.25) is 0 Å². The molecule has 0 radical (unpaired) electrons. The number of carbonyl (C=O) groups excluding carboxylic acids is 1. The van der Waals surface area contributed by atoms with Gasteiger partial charge in [-0.05, 0) is 31.9 Å². The molecule has 1 fully saturated rings. The van der Waals surface area contributed by atoms with Crippen LogP contribution >= 0.6 is 0 Å². The van der Waals surface area contributed by atoms with Crippen LogP contribution in [-0.2, 0) is 4.74 Å². The Morgan fingerprint density at radius 3 is 3.17 bits per heavy atom. The zero-order valence-corrected chi connectivity index (χ0v) is 10.5. The molecule has 0 spiro atoms. The Morgan fingerprint density at radius 2 is 2.39 bits per heavy atom. The Kier molecular flexibility index (Phi) is 2.92. The van der Waals surface area contributed by atoms with Gasteiger partial charge in [0, 0.05) is 35.7 Å². The Labute approximate surface area is 106 Å². The van der Waals surface area contributed by atoms with Gasteiger partial charge in [-0.2, -0.15) is 0 Å². The van der Waals surface area contributed by atoms with Gasteiger partial charge >= 0.3 is 0 Å². The molecule has 0 aliphatic carbocycles. The van der Waals surface area contributed by atoms with Crippen LogP contribution in [0, 0.1) is 6.92 Å². The molecule has 1 unspecified atom stereocenters. The molecular weight excluding hydrogens is 226 g/mol. The van der Waals surface area contributed by atoms with Crippen LogP contribution in [0.15, 0.2) is 24.4 Å². The number of ether oxygens (including phenoxy) is 1. The smallest absolute Gasteiger partial charge is 0.167 e. The third-order valence-corrected chi connectivity index (χ3v) is 3.57. The molecule has 1 aromatic heterocycles. The van der Waals surface area contributed by atoms with E-state index in [0.717, 1.165) is 35.9 Å². The number of fused-ring (bicyclic) bond motifs is 1. The van der Waals surface area contributed by atoms with Crippen LogP contribution < -0.4 is 0 Å². The minimum Gasteiger partial charge on any atom is -0.378 e. The number of aryl methyl sites for hydroxylation is 1. The number of nitrogens with one attached hydrogen (secondary N) is 1. The van der Waals surface area contributed by atoms with E-state index >= 15 is 0 Å². The largest absolute Gasteiger partial charge is 0.378 e. The van der Waals surface area contributed by atoms with Crippen molar-refractivity contribution in [1.82, 2.24) is 4.98 Å². The lowest BCUT2D eigenvalue weighted by molar-refractivity contribution is 0.0777. The molecule has 0 saturated carbocycles. The van der Waals surface area contributed by atoms with Gasteiger partial charge in [-0.3, -0.25) is 4.79 Å². The molecular formula is C15H17NO2. The molecule has 1 N–H and O–H groups in total. The minimum absolute atomic E-state index is 0.118.